The average molecular weight is 238 g/mol. The van der Waals surface area contributed by atoms with Crippen LogP contribution in [-0.4, -0.2) is 29.6 Å². The van der Waals surface area contributed by atoms with Gasteiger partial charge in [-0.3, -0.25) is 4.79 Å². The van der Waals surface area contributed by atoms with Crippen molar-refractivity contribution in [1.29, 1.82) is 0 Å². The number of hydrogen-bond acceptors (Lipinski definition) is 4. The van der Waals surface area contributed by atoms with Gasteiger partial charge in [-0.1, -0.05) is 6.07 Å². The number of benzene rings is 1. The smallest absolute Gasteiger partial charge is 0.341 e. The zero-order chi connectivity index (χ0) is 12.8. The zero-order valence-electron chi connectivity index (χ0n) is 9.34. The summed E-state index contributed by atoms with van der Waals surface area (Å²) in [7, 11) is 0. The second-order valence-corrected chi connectivity index (χ2v) is 3.49. The molecule has 0 heterocycles. The van der Waals surface area contributed by atoms with Crippen LogP contribution in [-0.2, 0) is 9.59 Å². The molecule has 0 unspecified atom stereocenters. The van der Waals surface area contributed by atoms with Crippen LogP contribution >= 0.6 is 0 Å². The largest absolute Gasteiger partial charge is 0.482 e. The van der Waals surface area contributed by atoms with E-state index < -0.39 is 18.6 Å². The Labute approximate surface area is 98.4 Å². The lowest BCUT2D eigenvalue weighted by Crippen LogP contribution is -2.32. The molecule has 1 atom stereocenters. The van der Waals surface area contributed by atoms with Crippen LogP contribution in [0.5, 0.6) is 5.75 Å². The highest BCUT2D eigenvalue weighted by atomic mass is 16.5. The first-order valence-electron chi connectivity index (χ1n) is 5.00. The van der Waals surface area contributed by atoms with E-state index in [-0.39, 0.29) is 5.91 Å². The van der Waals surface area contributed by atoms with Crippen LogP contribution in [0.2, 0.25) is 0 Å². The van der Waals surface area contributed by atoms with Gasteiger partial charge in [0.05, 0.1) is 6.04 Å². The van der Waals surface area contributed by atoms with E-state index in [0.717, 1.165) is 0 Å². The van der Waals surface area contributed by atoms with Crippen LogP contribution in [0.3, 0.4) is 0 Å². The van der Waals surface area contributed by atoms with Gasteiger partial charge >= 0.3 is 5.97 Å². The molecular weight excluding hydrogens is 224 g/mol. The van der Waals surface area contributed by atoms with Gasteiger partial charge in [0.25, 0.3) is 0 Å². The van der Waals surface area contributed by atoms with Crippen LogP contribution in [0.25, 0.3) is 0 Å². The van der Waals surface area contributed by atoms with Gasteiger partial charge in [0.15, 0.2) is 6.61 Å². The van der Waals surface area contributed by atoms with Crippen LogP contribution in [0, 0.1) is 0 Å². The van der Waals surface area contributed by atoms with E-state index in [1.165, 1.54) is 6.07 Å². The number of ether oxygens (including phenoxy) is 1. The van der Waals surface area contributed by atoms with E-state index in [2.05, 4.69) is 5.32 Å². The van der Waals surface area contributed by atoms with Gasteiger partial charge in [-0.25, -0.2) is 4.79 Å². The fraction of sp³-hybridized carbons (Fsp3) is 0.273. The summed E-state index contributed by atoms with van der Waals surface area (Å²) in [5.74, 6) is -1.01. The van der Waals surface area contributed by atoms with E-state index in [0.29, 0.717) is 11.4 Å². The fourth-order valence-electron chi connectivity index (χ4n) is 1.06. The highest BCUT2D eigenvalue weighted by molar-refractivity contribution is 5.94. The van der Waals surface area contributed by atoms with Gasteiger partial charge in [0.2, 0.25) is 5.91 Å². The van der Waals surface area contributed by atoms with Crippen LogP contribution in [0.15, 0.2) is 24.3 Å². The lowest BCUT2D eigenvalue weighted by molar-refractivity contribution is -0.139. The molecule has 1 rings (SSSR count). The number of anilines is 1. The minimum atomic E-state index is -1.06. The van der Waals surface area contributed by atoms with Crippen LogP contribution in [0.1, 0.15) is 6.92 Å². The van der Waals surface area contributed by atoms with Gasteiger partial charge < -0.3 is 20.9 Å². The lowest BCUT2D eigenvalue weighted by Gasteiger charge is -2.09. The SMILES string of the molecule is C[C@H](N)C(=O)Nc1cccc(OCC(=O)O)c1. The molecule has 6 nitrogen and oxygen atoms in total. The second-order valence-electron chi connectivity index (χ2n) is 3.49. The number of carbonyl (C=O) groups excluding carboxylic acids is 1. The van der Waals surface area contributed by atoms with Gasteiger partial charge in [-0.2, -0.15) is 0 Å². The Kier molecular flexibility index (Phi) is 4.47. The Morgan fingerprint density at radius 1 is 1.53 bits per heavy atom. The Morgan fingerprint density at radius 3 is 2.82 bits per heavy atom. The molecule has 1 aromatic rings. The van der Waals surface area contributed by atoms with Crippen molar-refractivity contribution in [3.63, 3.8) is 0 Å². The third-order valence-electron chi connectivity index (χ3n) is 1.88. The molecule has 4 N–H and O–H groups in total. The Balaban J connectivity index is 2.65. The van der Waals surface area contributed by atoms with Crippen molar-refractivity contribution < 1.29 is 19.4 Å². The van der Waals surface area contributed by atoms with Gasteiger partial charge in [-0.05, 0) is 19.1 Å². The van der Waals surface area contributed by atoms with E-state index in [1.54, 1.807) is 25.1 Å². The maximum atomic E-state index is 11.3. The molecule has 0 spiro atoms. The number of rotatable bonds is 5. The molecule has 0 fully saturated rings. The van der Waals surface area contributed by atoms with E-state index in [1.807, 2.05) is 0 Å². The Morgan fingerprint density at radius 2 is 2.24 bits per heavy atom. The lowest BCUT2D eigenvalue weighted by atomic mass is 10.2. The molecule has 0 aromatic heterocycles. The van der Waals surface area contributed by atoms with Gasteiger partial charge in [0, 0.05) is 11.8 Å². The molecule has 0 aliphatic carbocycles. The molecule has 6 heteroatoms. The minimum Gasteiger partial charge on any atom is -0.482 e. The summed E-state index contributed by atoms with van der Waals surface area (Å²) in [5.41, 5.74) is 5.91. The molecule has 0 aliphatic heterocycles. The van der Waals surface area contributed by atoms with Crippen LogP contribution < -0.4 is 15.8 Å². The summed E-state index contributed by atoms with van der Waals surface area (Å²) in [6.45, 7) is 1.14. The number of aliphatic carboxylic acids is 1. The first-order chi connectivity index (χ1) is 7.99. The Hall–Kier alpha value is -2.08. The average Bonchev–Trinajstić information content (AvgIpc) is 2.26. The number of carbonyl (C=O) groups is 2. The summed E-state index contributed by atoms with van der Waals surface area (Å²) < 4.78 is 4.97. The maximum Gasteiger partial charge on any atom is 0.341 e. The summed E-state index contributed by atoms with van der Waals surface area (Å²) >= 11 is 0. The Bertz CT molecular complexity index is 418. The molecule has 1 aromatic carbocycles. The molecule has 92 valence electrons. The summed E-state index contributed by atoms with van der Waals surface area (Å²) in [5, 5.41) is 11.0. The highest BCUT2D eigenvalue weighted by Crippen LogP contribution is 2.17. The standard InChI is InChI=1S/C11H14N2O4/c1-7(12)11(16)13-8-3-2-4-9(5-8)17-6-10(14)15/h2-5,7H,6,12H2,1H3,(H,13,16)(H,14,15)/t7-/m0/s1. The third kappa shape index (κ3) is 4.52. The first-order valence-corrected chi connectivity index (χ1v) is 5.00. The topological polar surface area (TPSA) is 102 Å². The van der Waals surface area contributed by atoms with Crippen LogP contribution in [0.4, 0.5) is 5.69 Å². The molecule has 1 amide bonds. The van der Waals surface area contributed by atoms with E-state index in [9.17, 15) is 9.59 Å². The minimum absolute atomic E-state index is 0.319. The van der Waals surface area contributed by atoms with Gasteiger partial charge in [0.1, 0.15) is 5.75 Å². The molecule has 0 radical (unpaired) electrons. The number of nitrogens with one attached hydrogen (secondary N) is 1. The van der Waals surface area contributed by atoms with Crippen molar-refractivity contribution in [2.75, 3.05) is 11.9 Å². The molecule has 0 aliphatic rings. The molecule has 17 heavy (non-hydrogen) atoms. The molecule has 0 bridgehead atoms. The second kappa shape index (κ2) is 5.86. The first kappa shape index (κ1) is 13.0. The van der Waals surface area contributed by atoms with Crippen molar-refractivity contribution in [2.45, 2.75) is 13.0 Å². The molecular formula is C11H14N2O4. The number of carboxylic acid groups (broad SMARTS) is 1. The van der Waals surface area contributed by atoms with Gasteiger partial charge in [-0.15, -0.1) is 0 Å². The van der Waals surface area contributed by atoms with E-state index >= 15 is 0 Å². The zero-order valence-corrected chi connectivity index (χ0v) is 9.34. The molecule has 0 saturated carbocycles. The summed E-state index contributed by atoms with van der Waals surface area (Å²) in [6.07, 6.45) is 0. The summed E-state index contributed by atoms with van der Waals surface area (Å²) in [6, 6.07) is 5.83. The quantitative estimate of drug-likeness (QED) is 0.690. The van der Waals surface area contributed by atoms with Crippen molar-refractivity contribution in [3.8, 4) is 5.75 Å². The number of amides is 1. The van der Waals surface area contributed by atoms with Crippen molar-refractivity contribution in [1.82, 2.24) is 0 Å². The number of nitrogens with two attached hydrogens (primary N) is 1. The normalized spacial score (nSPS) is 11.6. The van der Waals surface area contributed by atoms with Crippen molar-refractivity contribution >= 4 is 17.6 Å². The third-order valence-corrected chi connectivity index (χ3v) is 1.88. The highest BCUT2D eigenvalue weighted by Gasteiger charge is 2.08. The fourth-order valence-corrected chi connectivity index (χ4v) is 1.06. The predicted molar refractivity (Wildman–Crippen MR) is 61.9 cm³/mol. The van der Waals surface area contributed by atoms with Crippen molar-refractivity contribution in [3.05, 3.63) is 24.3 Å². The maximum absolute atomic E-state index is 11.3. The predicted octanol–water partition coefficient (Wildman–Crippen LogP) is 0.436. The van der Waals surface area contributed by atoms with E-state index in [4.69, 9.17) is 15.6 Å². The monoisotopic (exact) mass is 238 g/mol. The number of carboxylic acids is 1. The summed E-state index contributed by atoms with van der Waals surface area (Å²) in [4.78, 5) is 21.6. The number of hydrogen-bond donors (Lipinski definition) is 3. The molecule has 0 saturated heterocycles. The van der Waals surface area contributed by atoms with Crippen molar-refractivity contribution in [2.24, 2.45) is 5.73 Å².